The van der Waals surface area contributed by atoms with Gasteiger partial charge >= 0.3 is 0 Å². The van der Waals surface area contributed by atoms with Gasteiger partial charge in [-0.3, -0.25) is 9.59 Å². The minimum Gasteiger partial charge on any atom is -0.326 e. The third-order valence-electron chi connectivity index (χ3n) is 3.71. The highest BCUT2D eigenvalue weighted by atomic mass is 32.2. The average Bonchev–Trinajstić information content (AvgIpc) is 2.63. The highest BCUT2D eigenvalue weighted by molar-refractivity contribution is 7.89. The van der Waals surface area contributed by atoms with Crippen LogP contribution in [0.2, 0.25) is 0 Å². The van der Waals surface area contributed by atoms with Crippen LogP contribution in [-0.2, 0) is 14.8 Å². The van der Waals surface area contributed by atoms with E-state index in [-0.39, 0.29) is 16.7 Å². The van der Waals surface area contributed by atoms with Gasteiger partial charge in [0.1, 0.15) is 0 Å². The van der Waals surface area contributed by atoms with Crippen LogP contribution in [0, 0.1) is 0 Å². The van der Waals surface area contributed by atoms with Crippen LogP contribution in [0.25, 0.3) is 0 Å². The molecule has 7 nitrogen and oxygen atoms in total. The van der Waals surface area contributed by atoms with Gasteiger partial charge in [0, 0.05) is 30.4 Å². The summed E-state index contributed by atoms with van der Waals surface area (Å²) in [5.74, 6) is -0.531. The molecule has 0 aliphatic carbocycles. The smallest absolute Gasteiger partial charge is 0.255 e. The molecule has 0 aliphatic rings. The van der Waals surface area contributed by atoms with Crippen molar-refractivity contribution in [2.24, 2.45) is 0 Å². The number of unbranched alkanes of at least 4 members (excludes halogenated alkanes) is 1. The fourth-order valence-electron chi connectivity index (χ4n) is 2.30. The molecule has 3 N–H and O–H groups in total. The Morgan fingerprint density at radius 2 is 1.44 bits per heavy atom. The van der Waals surface area contributed by atoms with Gasteiger partial charge in [-0.15, -0.1) is 0 Å². The first-order chi connectivity index (χ1) is 12.8. The van der Waals surface area contributed by atoms with Gasteiger partial charge in [-0.25, -0.2) is 13.1 Å². The first kappa shape index (κ1) is 20.6. The lowest BCUT2D eigenvalue weighted by molar-refractivity contribution is -0.114. The molecule has 0 heterocycles. The third-order valence-corrected chi connectivity index (χ3v) is 5.19. The molecule has 2 rings (SSSR count). The average molecular weight is 389 g/mol. The zero-order valence-electron chi connectivity index (χ0n) is 15.3. The van der Waals surface area contributed by atoms with Gasteiger partial charge < -0.3 is 10.6 Å². The van der Waals surface area contributed by atoms with Gasteiger partial charge in [-0.05, 0) is 55.0 Å². The maximum Gasteiger partial charge on any atom is 0.255 e. The lowest BCUT2D eigenvalue weighted by atomic mass is 10.2. The summed E-state index contributed by atoms with van der Waals surface area (Å²) in [7, 11) is -3.56. The second-order valence-corrected chi connectivity index (χ2v) is 7.76. The van der Waals surface area contributed by atoms with E-state index in [9.17, 15) is 18.0 Å². The molecule has 0 saturated carbocycles. The molecule has 0 spiro atoms. The molecular weight excluding hydrogens is 366 g/mol. The van der Waals surface area contributed by atoms with Gasteiger partial charge in [0.15, 0.2) is 0 Å². The van der Waals surface area contributed by atoms with Crippen molar-refractivity contribution in [3.63, 3.8) is 0 Å². The number of sulfonamides is 1. The van der Waals surface area contributed by atoms with E-state index in [1.54, 1.807) is 24.3 Å². The van der Waals surface area contributed by atoms with Crippen LogP contribution >= 0.6 is 0 Å². The lowest BCUT2D eigenvalue weighted by Gasteiger charge is -2.09. The van der Waals surface area contributed by atoms with Crippen LogP contribution in [0.1, 0.15) is 37.0 Å². The van der Waals surface area contributed by atoms with Crippen molar-refractivity contribution in [1.82, 2.24) is 4.72 Å². The maximum absolute atomic E-state index is 12.3. The summed E-state index contributed by atoms with van der Waals surface area (Å²) >= 11 is 0. The summed E-state index contributed by atoms with van der Waals surface area (Å²) in [6.45, 7) is 3.78. The molecule has 0 atom stereocenters. The normalized spacial score (nSPS) is 11.0. The van der Waals surface area contributed by atoms with E-state index in [0.717, 1.165) is 12.8 Å². The fraction of sp³-hybridized carbons (Fsp3) is 0.263. The topological polar surface area (TPSA) is 104 Å². The molecule has 27 heavy (non-hydrogen) atoms. The Morgan fingerprint density at radius 3 is 1.96 bits per heavy atom. The van der Waals surface area contributed by atoms with Crippen LogP contribution in [-0.4, -0.2) is 26.8 Å². The van der Waals surface area contributed by atoms with Crippen molar-refractivity contribution in [2.75, 3.05) is 17.2 Å². The summed E-state index contributed by atoms with van der Waals surface area (Å²) in [5.41, 5.74) is 1.53. The molecule has 144 valence electrons. The summed E-state index contributed by atoms with van der Waals surface area (Å²) in [6, 6.07) is 12.4. The number of carbonyl (C=O) groups excluding carboxylic acids is 2. The van der Waals surface area contributed by atoms with E-state index < -0.39 is 10.0 Å². The first-order valence-corrected chi connectivity index (χ1v) is 10.1. The Kier molecular flexibility index (Phi) is 7.09. The van der Waals surface area contributed by atoms with Crippen molar-refractivity contribution in [1.29, 1.82) is 0 Å². The molecule has 0 unspecified atom stereocenters. The molecule has 0 radical (unpaired) electrons. The largest absolute Gasteiger partial charge is 0.326 e. The highest BCUT2D eigenvalue weighted by Gasteiger charge is 2.14. The van der Waals surface area contributed by atoms with Gasteiger partial charge in [0.05, 0.1) is 4.90 Å². The SMILES string of the molecule is CCCCNS(=O)(=O)c1ccc(C(=O)Nc2ccc(NC(C)=O)cc2)cc1. The minimum atomic E-state index is -3.56. The Balaban J connectivity index is 2.02. The zero-order valence-corrected chi connectivity index (χ0v) is 16.1. The Hall–Kier alpha value is -2.71. The van der Waals surface area contributed by atoms with E-state index in [1.165, 1.54) is 31.2 Å². The van der Waals surface area contributed by atoms with Crippen LogP contribution in [0.3, 0.4) is 0 Å². The second kappa shape index (κ2) is 9.29. The molecule has 2 aromatic rings. The number of rotatable bonds is 8. The van der Waals surface area contributed by atoms with Crippen LogP contribution in [0.15, 0.2) is 53.4 Å². The summed E-state index contributed by atoms with van der Waals surface area (Å²) < 4.78 is 26.8. The van der Waals surface area contributed by atoms with E-state index in [4.69, 9.17) is 0 Å². The van der Waals surface area contributed by atoms with E-state index >= 15 is 0 Å². The van der Waals surface area contributed by atoms with Crippen molar-refractivity contribution in [3.05, 3.63) is 54.1 Å². The van der Waals surface area contributed by atoms with Crippen LogP contribution in [0.5, 0.6) is 0 Å². The van der Waals surface area contributed by atoms with Gasteiger partial charge in [0.25, 0.3) is 5.91 Å². The number of amides is 2. The number of carbonyl (C=O) groups is 2. The Bertz CT molecular complexity index is 892. The quantitative estimate of drug-likeness (QED) is 0.604. The van der Waals surface area contributed by atoms with E-state index in [2.05, 4.69) is 15.4 Å². The zero-order chi connectivity index (χ0) is 19.9. The first-order valence-electron chi connectivity index (χ1n) is 8.60. The predicted octanol–water partition coefficient (Wildman–Crippen LogP) is 2.98. The van der Waals surface area contributed by atoms with Crippen molar-refractivity contribution in [2.45, 2.75) is 31.6 Å². The standard InChI is InChI=1S/C19H23N3O4S/c1-3-4-13-20-27(25,26)18-11-5-15(6-12-18)19(24)22-17-9-7-16(8-10-17)21-14(2)23/h5-12,20H,3-4,13H2,1-2H3,(H,21,23)(H,22,24). The molecule has 0 fully saturated rings. The number of benzene rings is 2. The molecule has 2 amide bonds. The Labute approximate surface area is 159 Å². The highest BCUT2D eigenvalue weighted by Crippen LogP contribution is 2.16. The number of anilines is 2. The van der Waals surface area contributed by atoms with Crippen LogP contribution < -0.4 is 15.4 Å². The van der Waals surface area contributed by atoms with Crippen molar-refractivity contribution in [3.8, 4) is 0 Å². The fourth-order valence-corrected chi connectivity index (χ4v) is 3.37. The van der Waals surface area contributed by atoms with E-state index in [0.29, 0.717) is 23.5 Å². The third kappa shape index (κ3) is 6.19. The second-order valence-electron chi connectivity index (χ2n) is 5.99. The summed E-state index contributed by atoms with van der Waals surface area (Å²) in [4.78, 5) is 23.4. The molecule has 0 aromatic heterocycles. The monoisotopic (exact) mass is 389 g/mol. The molecule has 0 saturated heterocycles. The summed E-state index contributed by atoms with van der Waals surface area (Å²) in [6.07, 6.45) is 1.66. The van der Waals surface area contributed by atoms with Gasteiger partial charge in [-0.2, -0.15) is 0 Å². The van der Waals surface area contributed by atoms with Crippen LogP contribution in [0.4, 0.5) is 11.4 Å². The molecule has 0 aliphatic heterocycles. The lowest BCUT2D eigenvalue weighted by Crippen LogP contribution is -2.24. The molecule has 2 aromatic carbocycles. The van der Waals surface area contributed by atoms with Gasteiger partial charge in [-0.1, -0.05) is 13.3 Å². The number of hydrogen-bond donors (Lipinski definition) is 3. The Morgan fingerprint density at radius 1 is 0.889 bits per heavy atom. The van der Waals surface area contributed by atoms with Gasteiger partial charge in [0.2, 0.25) is 15.9 Å². The summed E-state index contributed by atoms with van der Waals surface area (Å²) in [5, 5.41) is 5.36. The number of hydrogen-bond acceptors (Lipinski definition) is 4. The molecular formula is C19H23N3O4S. The van der Waals surface area contributed by atoms with E-state index in [1.807, 2.05) is 6.92 Å². The predicted molar refractivity (Wildman–Crippen MR) is 105 cm³/mol. The van der Waals surface area contributed by atoms with Crippen molar-refractivity contribution < 1.29 is 18.0 Å². The number of nitrogens with one attached hydrogen (secondary N) is 3. The van der Waals surface area contributed by atoms with Crippen molar-refractivity contribution >= 4 is 33.2 Å². The maximum atomic E-state index is 12.3. The molecule has 0 bridgehead atoms. The molecule has 8 heteroatoms. The minimum absolute atomic E-state index is 0.120.